The Kier molecular flexibility index (Phi) is 4.70. The number of hydrogen-bond donors (Lipinski definition) is 2. The number of ether oxygens (including phenoxy) is 2. The summed E-state index contributed by atoms with van der Waals surface area (Å²) in [6, 6.07) is 10.4. The number of esters is 1. The van der Waals surface area contributed by atoms with Crippen molar-refractivity contribution in [3.05, 3.63) is 46.4 Å². The van der Waals surface area contributed by atoms with Crippen LogP contribution in [0.5, 0.6) is 5.75 Å². The van der Waals surface area contributed by atoms with Gasteiger partial charge in [-0.05, 0) is 46.3 Å². The second kappa shape index (κ2) is 6.49. The van der Waals surface area contributed by atoms with Crippen molar-refractivity contribution in [3.63, 3.8) is 0 Å². The van der Waals surface area contributed by atoms with Crippen molar-refractivity contribution < 1.29 is 14.3 Å². The Hall–Kier alpha value is -2.21. The summed E-state index contributed by atoms with van der Waals surface area (Å²) in [4.78, 5) is 11.6. The fraction of sp³-hybridized carbons (Fsp3) is 0.133. The molecule has 0 saturated heterocycles. The van der Waals surface area contributed by atoms with E-state index in [0.717, 1.165) is 10.2 Å². The lowest BCUT2D eigenvalue weighted by molar-refractivity contribution is 0.0601. The fourth-order valence-electron chi connectivity index (χ4n) is 1.78. The standard InChI is InChI=1S/C15H15BrN2O3/c1-20-10-4-5-11(16)13(8-10)18-14-7-9(15(19)21-2)3-6-12(14)17/h3-8,18H,17H2,1-2H3. The molecule has 0 aliphatic heterocycles. The predicted octanol–water partition coefficient (Wildman–Crippen LogP) is 3.57. The van der Waals surface area contributed by atoms with Crippen LogP contribution in [0.4, 0.5) is 17.1 Å². The molecule has 3 N–H and O–H groups in total. The van der Waals surface area contributed by atoms with Gasteiger partial charge in [-0.3, -0.25) is 0 Å². The van der Waals surface area contributed by atoms with Gasteiger partial charge in [0.05, 0.1) is 36.8 Å². The normalized spacial score (nSPS) is 10.0. The molecule has 0 aromatic heterocycles. The number of methoxy groups -OCH3 is 2. The molecule has 110 valence electrons. The molecular weight excluding hydrogens is 336 g/mol. The van der Waals surface area contributed by atoms with Crippen LogP contribution in [-0.2, 0) is 4.74 Å². The lowest BCUT2D eigenvalue weighted by Gasteiger charge is -2.13. The van der Waals surface area contributed by atoms with Gasteiger partial charge in [-0.1, -0.05) is 0 Å². The first-order valence-electron chi connectivity index (χ1n) is 6.13. The van der Waals surface area contributed by atoms with Crippen molar-refractivity contribution in [2.75, 3.05) is 25.3 Å². The Bertz CT molecular complexity index is 674. The molecule has 0 amide bonds. The number of benzene rings is 2. The molecule has 0 bridgehead atoms. The van der Waals surface area contributed by atoms with Gasteiger partial charge in [-0.2, -0.15) is 0 Å². The Morgan fingerprint density at radius 1 is 1.14 bits per heavy atom. The van der Waals surface area contributed by atoms with Crippen LogP contribution in [0.25, 0.3) is 0 Å². The third-order valence-corrected chi connectivity index (χ3v) is 3.61. The molecule has 5 nitrogen and oxygen atoms in total. The van der Waals surface area contributed by atoms with Gasteiger partial charge >= 0.3 is 5.97 Å². The Morgan fingerprint density at radius 2 is 1.90 bits per heavy atom. The molecule has 0 atom stereocenters. The molecule has 0 aliphatic carbocycles. The summed E-state index contributed by atoms with van der Waals surface area (Å²) in [7, 11) is 2.93. The summed E-state index contributed by atoms with van der Waals surface area (Å²) < 4.78 is 10.7. The second-order valence-corrected chi connectivity index (χ2v) is 5.12. The molecule has 0 saturated carbocycles. The summed E-state index contributed by atoms with van der Waals surface area (Å²) in [6.07, 6.45) is 0. The highest BCUT2D eigenvalue weighted by Crippen LogP contribution is 2.32. The van der Waals surface area contributed by atoms with E-state index in [-0.39, 0.29) is 0 Å². The molecule has 21 heavy (non-hydrogen) atoms. The number of anilines is 3. The number of nitrogens with two attached hydrogens (primary N) is 1. The molecule has 0 radical (unpaired) electrons. The van der Waals surface area contributed by atoms with Gasteiger partial charge in [-0.25, -0.2) is 4.79 Å². The van der Waals surface area contributed by atoms with E-state index in [2.05, 4.69) is 21.2 Å². The number of carbonyl (C=O) groups excluding carboxylic acids is 1. The van der Waals surface area contributed by atoms with Crippen molar-refractivity contribution in [3.8, 4) is 5.75 Å². The van der Waals surface area contributed by atoms with E-state index in [1.807, 2.05) is 18.2 Å². The number of nitrogens with one attached hydrogen (secondary N) is 1. The van der Waals surface area contributed by atoms with E-state index in [1.165, 1.54) is 7.11 Å². The highest BCUT2D eigenvalue weighted by Gasteiger charge is 2.10. The third-order valence-electron chi connectivity index (χ3n) is 2.92. The molecular formula is C15H15BrN2O3. The fourth-order valence-corrected chi connectivity index (χ4v) is 2.13. The minimum absolute atomic E-state index is 0.414. The van der Waals surface area contributed by atoms with Crippen LogP contribution in [0.15, 0.2) is 40.9 Å². The monoisotopic (exact) mass is 350 g/mol. The maximum atomic E-state index is 11.6. The molecule has 2 aromatic rings. The molecule has 0 aliphatic rings. The molecule has 0 spiro atoms. The Morgan fingerprint density at radius 3 is 2.57 bits per heavy atom. The summed E-state index contributed by atoms with van der Waals surface area (Å²) in [5.41, 5.74) is 8.29. The van der Waals surface area contributed by atoms with Crippen LogP contribution in [0.3, 0.4) is 0 Å². The first-order valence-corrected chi connectivity index (χ1v) is 6.93. The Balaban J connectivity index is 2.37. The number of rotatable bonds is 4. The minimum atomic E-state index is -0.414. The highest BCUT2D eigenvalue weighted by molar-refractivity contribution is 9.10. The first kappa shape index (κ1) is 15.2. The van der Waals surface area contributed by atoms with Gasteiger partial charge in [0.2, 0.25) is 0 Å². The van der Waals surface area contributed by atoms with E-state index < -0.39 is 5.97 Å². The molecule has 2 aromatic carbocycles. The predicted molar refractivity (Wildman–Crippen MR) is 86.2 cm³/mol. The van der Waals surface area contributed by atoms with Gasteiger partial charge in [-0.15, -0.1) is 0 Å². The van der Waals surface area contributed by atoms with Crippen LogP contribution in [0.2, 0.25) is 0 Å². The molecule has 6 heteroatoms. The van der Waals surface area contributed by atoms with E-state index in [0.29, 0.717) is 22.7 Å². The van der Waals surface area contributed by atoms with Crippen molar-refractivity contribution in [1.29, 1.82) is 0 Å². The summed E-state index contributed by atoms with van der Waals surface area (Å²) in [5, 5.41) is 3.17. The van der Waals surface area contributed by atoms with Gasteiger partial charge < -0.3 is 20.5 Å². The van der Waals surface area contributed by atoms with Gasteiger partial charge in [0.25, 0.3) is 0 Å². The second-order valence-electron chi connectivity index (χ2n) is 4.26. The highest BCUT2D eigenvalue weighted by atomic mass is 79.9. The number of nitrogen functional groups attached to an aromatic ring is 1. The smallest absolute Gasteiger partial charge is 0.337 e. The van der Waals surface area contributed by atoms with Gasteiger partial charge in [0, 0.05) is 10.5 Å². The first-order chi connectivity index (χ1) is 10.0. The molecule has 0 unspecified atom stereocenters. The van der Waals surface area contributed by atoms with Crippen LogP contribution >= 0.6 is 15.9 Å². The van der Waals surface area contributed by atoms with Gasteiger partial charge in [0.15, 0.2) is 0 Å². The number of hydrogen-bond acceptors (Lipinski definition) is 5. The quantitative estimate of drug-likeness (QED) is 0.651. The van der Waals surface area contributed by atoms with Crippen molar-refractivity contribution >= 4 is 39.0 Å². The van der Waals surface area contributed by atoms with E-state index in [9.17, 15) is 4.79 Å². The van der Waals surface area contributed by atoms with Crippen molar-refractivity contribution in [1.82, 2.24) is 0 Å². The zero-order chi connectivity index (χ0) is 15.4. The average Bonchev–Trinajstić information content (AvgIpc) is 2.50. The lowest BCUT2D eigenvalue weighted by Crippen LogP contribution is -2.04. The SMILES string of the molecule is COC(=O)c1ccc(N)c(Nc2cc(OC)ccc2Br)c1. The topological polar surface area (TPSA) is 73.6 Å². The minimum Gasteiger partial charge on any atom is -0.497 e. The van der Waals surface area contributed by atoms with E-state index in [1.54, 1.807) is 25.3 Å². The maximum Gasteiger partial charge on any atom is 0.337 e. The third kappa shape index (κ3) is 3.46. The van der Waals surface area contributed by atoms with Gasteiger partial charge in [0.1, 0.15) is 5.75 Å². The van der Waals surface area contributed by atoms with Crippen LogP contribution in [0.1, 0.15) is 10.4 Å². The molecule has 0 fully saturated rings. The average molecular weight is 351 g/mol. The summed E-state index contributed by atoms with van der Waals surface area (Å²) >= 11 is 3.45. The number of carbonyl (C=O) groups is 1. The zero-order valence-corrected chi connectivity index (χ0v) is 13.2. The number of halogens is 1. The van der Waals surface area contributed by atoms with Crippen LogP contribution < -0.4 is 15.8 Å². The zero-order valence-electron chi connectivity index (χ0n) is 11.6. The summed E-state index contributed by atoms with van der Waals surface area (Å²) in [6.45, 7) is 0. The lowest BCUT2D eigenvalue weighted by atomic mass is 10.1. The van der Waals surface area contributed by atoms with Crippen LogP contribution in [-0.4, -0.2) is 20.2 Å². The van der Waals surface area contributed by atoms with Crippen LogP contribution in [0, 0.1) is 0 Å². The summed E-state index contributed by atoms with van der Waals surface area (Å²) in [5.74, 6) is 0.297. The van der Waals surface area contributed by atoms with Crippen molar-refractivity contribution in [2.24, 2.45) is 0 Å². The Labute approximate surface area is 131 Å². The van der Waals surface area contributed by atoms with Crippen molar-refractivity contribution in [2.45, 2.75) is 0 Å². The van der Waals surface area contributed by atoms with E-state index >= 15 is 0 Å². The largest absolute Gasteiger partial charge is 0.497 e. The van der Waals surface area contributed by atoms with E-state index in [4.69, 9.17) is 15.2 Å². The molecule has 2 rings (SSSR count). The maximum absolute atomic E-state index is 11.6. The molecule has 0 heterocycles.